The molecule has 0 aliphatic carbocycles. The van der Waals surface area contributed by atoms with Gasteiger partial charge >= 0.3 is 0 Å². The van der Waals surface area contributed by atoms with Crippen molar-refractivity contribution in [2.45, 2.75) is 13.3 Å². The number of phenolic OH excluding ortho intramolecular Hbond substituents is 1. The van der Waals surface area contributed by atoms with Crippen molar-refractivity contribution < 1.29 is 14.8 Å². The van der Waals surface area contributed by atoms with Gasteiger partial charge in [-0.25, -0.2) is 0 Å². The SMILES string of the molecule is CCC(C=O)=Cc1cc([N+](=O)[O-])ccc1O. The molecular formula is C11H11NO4. The predicted molar refractivity (Wildman–Crippen MR) is 59.1 cm³/mol. The van der Waals surface area contributed by atoms with Crippen molar-refractivity contribution in [3.05, 3.63) is 39.4 Å². The summed E-state index contributed by atoms with van der Waals surface area (Å²) in [5, 5.41) is 20.0. The van der Waals surface area contributed by atoms with Crippen molar-refractivity contribution in [3.8, 4) is 5.75 Å². The van der Waals surface area contributed by atoms with Crippen molar-refractivity contribution in [1.29, 1.82) is 0 Å². The average Bonchev–Trinajstić information content (AvgIpc) is 2.27. The molecule has 0 fully saturated rings. The van der Waals surface area contributed by atoms with Gasteiger partial charge < -0.3 is 5.11 Å². The topological polar surface area (TPSA) is 80.4 Å². The van der Waals surface area contributed by atoms with Crippen LogP contribution >= 0.6 is 0 Å². The molecule has 0 radical (unpaired) electrons. The van der Waals surface area contributed by atoms with Crippen LogP contribution in [0.15, 0.2) is 23.8 Å². The fraction of sp³-hybridized carbons (Fsp3) is 0.182. The fourth-order valence-corrected chi connectivity index (χ4v) is 1.19. The first-order valence-electron chi connectivity index (χ1n) is 4.71. The second-order valence-corrected chi connectivity index (χ2v) is 3.19. The molecule has 0 amide bonds. The van der Waals surface area contributed by atoms with Crippen LogP contribution in [0.2, 0.25) is 0 Å². The third-order valence-electron chi connectivity index (χ3n) is 2.12. The molecule has 0 saturated heterocycles. The highest BCUT2D eigenvalue weighted by atomic mass is 16.6. The summed E-state index contributed by atoms with van der Waals surface area (Å²) in [5.41, 5.74) is 0.624. The summed E-state index contributed by atoms with van der Waals surface area (Å²) in [7, 11) is 0. The van der Waals surface area contributed by atoms with Crippen molar-refractivity contribution in [2.75, 3.05) is 0 Å². The molecule has 1 N–H and O–H groups in total. The van der Waals surface area contributed by atoms with Gasteiger partial charge in [0.25, 0.3) is 5.69 Å². The molecule has 0 unspecified atom stereocenters. The first-order chi connectivity index (χ1) is 7.58. The molecule has 5 heteroatoms. The third-order valence-corrected chi connectivity index (χ3v) is 2.12. The van der Waals surface area contributed by atoms with Crippen LogP contribution in [0, 0.1) is 10.1 Å². The molecule has 0 aliphatic heterocycles. The van der Waals surface area contributed by atoms with E-state index in [-0.39, 0.29) is 17.0 Å². The van der Waals surface area contributed by atoms with Gasteiger partial charge in [0.2, 0.25) is 0 Å². The Bertz CT molecular complexity index is 451. The van der Waals surface area contributed by atoms with Crippen molar-refractivity contribution in [1.82, 2.24) is 0 Å². The molecule has 5 nitrogen and oxygen atoms in total. The number of carbonyl (C=O) groups is 1. The van der Waals surface area contributed by atoms with Crippen LogP contribution < -0.4 is 0 Å². The van der Waals surface area contributed by atoms with E-state index in [0.717, 1.165) is 0 Å². The molecule has 0 heterocycles. The molecule has 0 atom stereocenters. The molecule has 0 aromatic heterocycles. The van der Waals surface area contributed by atoms with Crippen LogP contribution in [0.4, 0.5) is 5.69 Å². The van der Waals surface area contributed by atoms with Gasteiger partial charge in [-0.15, -0.1) is 0 Å². The summed E-state index contributed by atoms with van der Waals surface area (Å²) in [6, 6.07) is 3.68. The van der Waals surface area contributed by atoms with Crippen LogP contribution in [0.3, 0.4) is 0 Å². The van der Waals surface area contributed by atoms with E-state index >= 15 is 0 Å². The highest BCUT2D eigenvalue weighted by molar-refractivity contribution is 5.82. The van der Waals surface area contributed by atoms with E-state index in [4.69, 9.17) is 0 Å². The number of benzene rings is 1. The largest absolute Gasteiger partial charge is 0.507 e. The number of hydrogen-bond acceptors (Lipinski definition) is 4. The Morgan fingerprint density at radius 2 is 2.25 bits per heavy atom. The molecule has 16 heavy (non-hydrogen) atoms. The molecule has 1 aromatic carbocycles. The Labute approximate surface area is 92.2 Å². The Kier molecular flexibility index (Phi) is 3.77. The zero-order chi connectivity index (χ0) is 12.1. The zero-order valence-corrected chi connectivity index (χ0v) is 8.71. The van der Waals surface area contributed by atoms with Gasteiger partial charge in [-0.1, -0.05) is 6.92 Å². The summed E-state index contributed by atoms with van der Waals surface area (Å²) in [6.45, 7) is 1.79. The average molecular weight is 221 g/mol. The maximum Gasteiger partial charge on any atom is 0.270 e. The summed E-state index contributed by atoms with van der Waals surface area (Å²) >= 11 is 0. The van der Waals surface area contributed by atoms with Gasteiger partial charge in [-0.2, -0.15) is 0 Å². The predicted octanol–water partition coefficient (Wildman–Crippen LogP) is 2.29. The Morgan fingerprint density at radius 1 is 1.56 bits per heavy atom. The Hall–Kier alpha value is -2.17. The molecule has 0 spiro atoms. The lowest BCUT2D eigenvalue weighted by Crippen LogP contribution is -1.89. The van der Waals surface area contributed by atoms with Crippen LogP contribution in [0.1, 0.15) is 18.9 Å². The number of allylic oxidation sites excluding steroid dienone is 1. The lowest BCUT2D eigenvalue weighted by Gasteiger charge is -2.00. The quantitative estimate of drug-likeness (QED) is 0.366. The maximum absolute atomic E-state index is 10.6. The minimum Gasteiger partial charge on any atom is -0.507 e. The summed E-state index contributed by atoms with van der Waals surface area (Å²) in [6.07, 6.45) is 2.61. The zero-order valence-electron chi connectivity index (χ0n) is 8.71. The van der Waals surface area contributed by atoms with Crippen LogP contribution in [0.5, 0.6) is 5.75 Å². The number of aldehydes is 1. The van der Waals surface area contributed by atoms with Crippen molar-refractivity contribution >= 4 is 18.0 Å². The van der Waals surface area contributed by atoms with Crippen LogP contribution in [-0.2, 0) is 4.79 Å². The maximum atomic E-state index is 10.6. The van der Waals surface area contributed by atoms with Gasteiger partial charge in [0.1, 0.15) is 12.0 Å². The van der Waals surface area contributed by atoms with Crippen LogP contribution in [-0.4, -0.2) is 16.3 Å². The second kappa shape index (κ2) is 5.06. The number of hydrogen-bond donors (Lipinski definition) is 1. The number of nitro benzene ring substituents is 1. The van der Waals surface area contributed by atoms with Gasteiger partial charge in [0.05, 0.1) is 4.92 Å². The van der Waals surface area contributed by atoms with Gasteiger partial charge in [0.15, 0.2) is 0 Å². The minimum absolute atomic E-state index is 0.0848. The van der Waals surface area contributed by atoms with Gasteiger partial charge in [-0.3, -0.25) is 14.9 Å². The first-order valence-corrected chi connectivity index (χ1v) is 4.71. The van der Waals surface area contributed by atoms with E-state index in [9.17, 15) is 20.0 Å². The van der Waals surface area contributed by atoms with Gasteiger partial charge in [-0.05, 0) is 24.1 Å². The van der Waals surface area contributed by atoms with Crippen molar-refractivity contribution in [2.24, 2.45) is 0 Å². The van der Waals surface area contributed by atoms with E-state index in [1.165, 1.54) is 24.3 Å². The first kappa shape index (κ1) is 11.9. The summed E-state index contributed by atoms with van der Waals surface area (Å²) < 4.78 is 0. The van der Waals surface area contributed by atoms with Crippen LogP contribution in [0.25, 0.3) is 6.08 Å². The molecule has 0 bridgehead atoms. The van der Waals surface area contributed by atoms with Gasteiger partial charge in [0, 0.05) is 17.7 Å². The van der Waals surface area contributed by atoms with E-state index in [0.29, 0.717) is 18.3 Å². The Morgan fingerprint density at radius 3 is 2.75 bits per heavy atom. The lowest BCUT2D eigenvalue weighted by molar-refractivity contribution is -0.384. The highest BCUT2D eigenvalue weighted by Gasteiger charge is 2.09. The standard InChI is InChI=1S/C11H11NO4/c1-2-8(7-13)5-9-6-10(12(15)16)3-4-11(9)14/h3-7,14H,2H2,1H3. The highest BCUT2D eigenvalue weighted by Crippen LogP contribution is 2.25. The lowest BCUT2D eigenvalue weighted by atomic mass is 10.1. The fourth-order valence-electron chi connectivity index (χ4n) is 1.19. The molecule has 0 aliphatic rings. The number of phenols is 1. The monoisotopic (exact) mass is 221 g/mol. The second-order valence-electron chi connectivity index (χ2n) is 3.19. The molecule has 1 aromatic rings. The number of nitrogens with zero attached hydrogens (tertiary/aromatic N) is 1. The molecule has 1 rings (SSSR count). The normalized spacial score (nSPS) is 11.2. The number of rotatable bonds is 4. The number of carbonyl (C=O) groups excluding carboxylic acids is 1. The number of non-ortho nitro benzene ring substituents is 1. The smallest absolute Gasteiger partial charge is 0.270 e. The van der Waals surface area contributed by atoms with Crippen molar-refractivity contribution in [3.63, 3.8) is 0 Å². The summed E-state index contributed by atoms with van der Waals surface area (Å²) in [4.78, 5) is 20.6. The Balaban J connectivity index is 3.21. The van der Waals surface area contributed by atoms with E-state index in [2.05, 4.69) is 0 Å². The number of aromatic hydroxyl groups is 1. The summed E-state index contributed by atoms with van der Waals surface area (Å²) in [5.74, 6) is -0.0848. The minimum atomic E-state index is -0.552. The number of nitro groups is 1. The van der Waals surface area contributed by atoms with E-state index in [1.54, 1.807) is 6.92 Å². The molecule has 84 valence electrons. The molecule has 0 saturated carbocycles. The van der Waals surface area contributed by atoms with E-state index < -0.39 is 4.92 Å². The third kappa shape index (κ3) is 2.66. The van der Waals surface area contributed by atoms with E-state index in [1.807, 2.05) is 0 Å². The molecular weight excluding hydrogens is 210 g/mol.